The van der Waals surface area contributed by atoms with E-state index >= 15 is 0 Å². The first-order valence-electron chi connectivity index (χ1n) is 21.2. The first-order valence-corrected chi connectivity index (χ1v) is 22.9. The van der Waals surface area contributed by atoms with Crippen LogP contribution in [0.5, 0.6) is 0 Å². The van der Waals surface area contributed by atoms with Gasteiger partial charge in [0.1, 0.15) is 13.2 Å². The summed E-state index contributed by atoms with van der Waals surface area (Å²) in [7, 11) is 0. The number of anilines is 6. The second-order valence-electron chi connectivity index (χ2n) is 14.8. The summed E-state index contributed by atoms with van der Waals surface area (Å²) in [6.45, 7) is 11.5. The number of hydrogen-bond acceptors (Lipinski definition) is 10. The Morgan fingerprint density at radius 1 is 0.468 bits per heavy atom. The van der Waals surface area contributed by atoms with E-state index in [0.29, 0.717) is 26.3 Å². The molecule has 0 saturated heterocycles. The van der Waals surface area contributed by atoms with E-state index < -0.39 is 0 Å². The lowest BCUT2D eigenvalue weighted by molar-refractivity contribution is 0.258. The standard InChI is InChI=1S/C52H52N6O2S2/c1-3-59-35-33-57(43-19-9-7-10-20-43)53-39-41-27-29-47-51(37-41)61-49-25-15-13-23-45(49)55(47)31-17-5-6-18-32-56-46-24-14-16-26-50(46)62-52-38-42(28-30-48(52)56)40-54-58(34-36-60-4-2)44-21-11-8-12-22-44/h3-4,7-16,19-30,37-40H,1-2,5-6,17-18,31-36H2/b53-39+,54-40+. The van der Waals surface area contributed by atoms with Gasteiger partial charge in [-0.2, -0.15) is 10.2 Å². The van der Waals surface area contributed by atoms with Crippen molar-refractivity contribution in [3.8, 4) is 0 Å². The van der Waals surface area contributed by atoms with Crippen molar-refractivity contribution in [2.24, 2.45) is 10.2 Å². The largest absolute Gasteiger partial charge is 0.500 e. The van der Waals surface area contributed by atoms with Crippen LogP contribution in [0.15, 0.2) is 201 Å². The molecule has 314 valence electrons. The Labute approximate surface area is 374 Å². The topological polar surface area (TPSA) is 56.1 Å². The van der Waals surface area contributed by atoms with Crippen LogP contribution in [-0.2, 0) is 9.47 Å². The normalized spacial score (nSPS) is 12.6. The maximum Gasteiger partial charge on any atom is 0.107 e. The summed E-state index contributed by atoms with van der Waals surface area (Å²) >= 11 is 3.67. The Bertz CT molecular complexity index is 2310. The van der Waals surface area contributed by atoms with Gasteiger partial charge in [-0.25, -0.2) is 0 Å². The number of nitrogens with zero attached hydrogens (tertiary/aromatic N) is 6. The summed E-state index contributed by atoms with van der Waals surface area (Å²) in [5.74, 6) is 0. The molecule has 0 amide bonds. The van der Waals surface area contributed by atoms with Crippen molar-refractivity contribution in [3.05, 3.63) is 182 Å². The molecule has 0 atom stereocenters. The second kappa shape index (κ2) is 21.4. The molecule has 6 aromatic carbocycles. The number of para-hydroxylation sites is 4. The van der Waals surface area contributed by atoms with Crippen LogP contribution in [0.25, 0.3) is 0 Å². The SMILES string of the molecule is C=COCCN(/N=C/c1ccc2c(c1)Sc1ccccc1N2CCCCCCN1c2ccccc2Sc2cc(/C=N/N(CCOC=C)c3ccccc3)ccc21)c1ccccc1. The molecule has 8 nitrogen and oxygen atoms in total. The van der Waals surface area contributed by atoms with Crippen molar-refractivity contribution in [1.82, 2.24) is 0 Å². The zero-order valence-electron chi connectivity index (χ0n) is 35.0. The van der Waals surface area contributed by atoms with Crippen LogP contribution in [-0.4, -0.2) is 51.8 Å². The minimum absolute atomic E-state index is 0.502. The predicted molar refractivity (Wildman–Crippen MR) is 262 cm³/mol. The highest BCUT2D eigenvalue weighted by molar-refractivity contribution is 8.00. The van der Waals surface area contributed by atoms with E-state index in [-0.39, 0.29) is 0 Å². The Morgan fingerprint density at radius 2 is 0.871 bits per heavy atom. The van der Waals surface area contributed by atoms with Crippen LogP contribution < -0.4 is 19.8 Å². The Morgan fingerprint density at radius 3 is 1.31 bits per heavy atom. The number of fused-ring (bicyclic) bond motifs is 4. The fourth-order valence-corrected chi connectivity index (χ4v) is 9.95. The highest BCUT2D eigenvalue weighted by Crippen LogP contribution is 2.49. The molecule has 0 aromatic heterocycles. The molecule has 0 aliphatic carbocycles. The van der Waals surface area contributed by atoms with Crippen LogP contribution in [0.3, 0.4) is 0 Å². The first kappa shape index (κ1) is 42.3. The molecule has 0 bridgehead atoms. The minimum atomic E-state index is 0.502. The van der Waals surface area contributed by atoms with Crippen molar-refractivity contribution in [3.63, 3.8) is 0 Å². The number of hydrazone groups is 2. The number of rotatable bonds is 21. The number of benzene rings is 6. The van der Waals surface area contributed by atoms with Crippen molar-refractivity contribution in [2.45, 2.75) is 45.3 Å². The Hall–Kier alpha value is -6.36. The summed E-state index contributed by atoms with van der Waals surface area (Å²) in [5, 5.41) is 13.7. The predicted octanol–water partition coefficient (Wildman–Crippen LogP) is 13.2. The fourth-order valence-electron chi connectivity index (χ4n) is 7.66. The van der Waals surface area contributed by atoms with Crippen LogP contribution in [0.4, 0.5) is 34.1 Å². The summed E-state index contributed by atoms with van der Waals surface area (Å²) < 4.78 is 10.9. The summed E-state index contributed by atoms with van der Waals surface area (Å²) in [6.07, 6.45) is 11.4. The molecular weight excluding hydrogens is 805 g/mol. The molecule has 2 heterocycles. The minimum Gasteiger partial charge on any atom is -0.500 e. The zero-order valence-corrected chi connectivity index (χ0v) is 36.6. The maximum atomic E-state index is 5.43. The van der Waals surface area contributed by atoms with Gasteiger partial charge >= 0.3 is 0 Å². The maximum absolute atomic E-state index is 5.43. The van der Waals surface area contributed by atoms with Crippen LogP contribution in [0, 0.1) is 0 Å². The third kappa shape index (κ3) is 10.6. The van der Waals surface area contributed by atoms with E-state index in [1.54, 1.807) is 0 Å². The van der Waals surface area contributed by atoms with Gasteiger partial charge in [-0.15, -0.1) is 0 Å². The van der Waals surface area contributed by atoms with Gasteiger partial charge in [0.05, 0.1) is 72.2 Å². The van der Waals surface area contributed by atoms with Crippen molar-refractivity contribution < 1.29 is 9.47 Å². The molecule has 10 heteroatoms. The molecule has 2 aliphatic rings. The van der Waals surface area contributed by atoms with Crippen LogP contribution in [0.2, 0.25) is 0 Å². The third-order valence-electron chi connectivity index (χ3n) is 10.7. The molecule has 0 saturated carbocycles. The molecule has 62 heavy (non-hydrogen) atoms. The molecule has 2 aliphatic heterocycles. The van der Waals surface area contributed by atoms with Gasteiger partial charge in [-0.3, -0.25) is 10.0 Å². The lowest BCUT2D eigenvalue weighted by atomic mass is 10.1. The third-order valence-corrected chi connectivity index (χ3v) is 12.9. The van der Waals surface area contributed by atoms with Gasteiger partial charge in [0.2, 0.25) is 0 Å². The Balaban J connectivity index is 0.905. The fraction of sp³-hybridized carbons (Fsp3) is 0.192. The van der Waals surface area contributed by atoms with Gasteiger partial charge in [-0.05, 0) is 96.8 Å². The molecule has 0 spiro atoms. The van der Waals surface area contributed by atoms with Gasteiger partial charge in [0, 0.05) is 32.7 Å². The first-order chi connectivity index (χ1) is 30.7. The summed E-state index contributed by atoms with van der Waals surface area (Å²) in [4.78, 5) is 10.1. The molecule has 8 rings (SSSR count). The molecule has 0 radical (unpaired) electrons. The number of hydrogen-bond donors (Lipinski definition) is 0. The second-order valence-corrected chi connectivity index (χ2v) is 17.0. The van der Waals surface area contributed by atoms with Crippen LogP contribution >= 0.6 is 23.5 Å². The van der Waals surface area contributed by atoms with Gasteiger partial charge in [0.25, 0.3) is 0 Å². The number of unbranched alkanes of at least 4 members (excludes halogenated alkanes) is 3. The van der Waals surface area contributed by atoms with E-state index in [4.69, 9.17) is 19.7 Å². The van der Waals surface area contributed by atoms with E-state index in [1.165, 1.54) is 54.9 Å². The zero-order chi connectivity index (χ0) is 42.4. The quantitative estimate of drug-likeness (QED) is 0.0307. The van der Waals surface area contributed by atoms with Gasteiger partial charge in [0.15, 0.2) is 0 Å². The van der Waals surface area contributed by atoms with Crippen molar-refractivity contribution in [2.75, 3.05) is 59.2 Å². The molecule has 0 fully saturated rings. The van der Waals surface area contributed by atoms with E-state index in [9.17, 15) is 0 Å². The average Bonchev–Trinajstić information content (AvgIpc) is 3.32. The Kier molecular flexibility index (Phi) is 14.6. The van der Waals surface area contributed by atoms with E-state index in [2.05, 4.69) is 132 Å². The molecule has 0 unspecified atom stereocenters. The van der Waals surface area contributed by atoms with E-state index in [1.807, 2.05) is 82.4 Å². The summed E-state index contributed by atoms with van der Waals surface area (Å²) in [6, 6.07) is 51.3. The van der Waals surface area contributed by atoms with Gasteiger partial charge in [-0.1, -0.05) is 122 Å². The lowest BCUT2D eigenvalue weighted by Crippen LogP contribution is -2.23. The molecule has 6 aromatic rings. The molecule has 0 N–H and O–H groups in total. The number of ether oxygens (including phenoxy) is 2. The van der Waals surface area contributed by atoms with Crippen molar-refractivity contribution >= 4 is 70.1 Å². The van der Waals surface area contributed by atoms with E-state index in [0.717, 1.165) is 61.3 Å². The van der Waals surface area contributed by atoms with Crippen LogP contribution in [0.1, 0.15) is 36.8 Å². The molecular formula is C52H52N6O2S2. The highest BCUT2D eigenvalue weighted by atomic mass is 32.2. The van der Waals surface area contributed by atoms with Gasteiger partial charge < -0.3 is 19.3 Å². The summed E-state index contributed by atoms with van der Waals surface area (Å²) in [5.41, 5.74) is 9.22. The monoisotopic (exact) mass is 856 g/mol. The lowest BCUT2D eigenvalue weighted by Gasteiger charge is -2.33. The smallest absolute Gasteiger partial charge is 0.107 e. The van der Waals surface area contributed by atoms with Crippen molar-refractivity contribution in [1.29, 1.82) is 0 Å². The highest BCUT2D eigenvalue weighted by Gasteiger charge is 2.25. The average molecular weight is 857 g/mol.